The van der Waals surface area contributed by atoms with Crippen LogP contribution in [0.3, 0.4) is 0 Å². The van der Waals surface area contributed by atoms with Gasteiger partial charge in [0.25, 0.3) is 0 Å². The van der Waals surface area contributed by atoms with Crippen LogP contribution < -0.4 is 9.47 Å². The van der Waals surface area contributed by atoms with E-state index in [2.05, 4.69) is 0 Å². The quantitative estimate of drug-likeness (QED) is 0.114. The molecule has 212 valence electrons. The van der Waals surface area contributed by atoms with E-state index in [4.69, 9.17) is 23.0 Å². The van der Waals surface area contributed by atoms with Gasteiger partial charge < -0.3 is 23.0 Å². The fraction of sp³-hybridized carbons (Fsp3) is 0.0588. The lowest BCUT2D eigenvalue weighted by Gasteiger charge is -2.15. The fourth-order valence-corrected chi connectivity index (χ4v) is 4.98. The number of fused-ring (bicyclic) bond motifs is 2. The summed E-state index contributed by atoms with van der Waals surface area (Å²) in [5.41, 5.74) is 2.30. The topological polar surface area (TPSA) is 122 Å². The van der Waals surface area contributed by atoms with E-state index in [1.165, 1.54) is 38.5 Å². The summed E-state index contributed by atoms with van der Waals surface area (Å²) < 4.78 is 27.7. The van der Waals surface area contributed by atoms with E-state index in [0.29, 0.717) is 33.0 Å². The Morgan fingerprint density at radius 2 is 0.953 bits per heavy atom. The van der Waals surface area contributed by atoms with Gasteiger partial charge in [0.1, 0.15) is 22.7 Å². The van der Waals surface area contributed by atoms with Crippen LogP contribution in [-0.2, 0) is 14.3 Å². The molecule has 4 aromatic carbocycles. The van der Waals surface area contributed by atoms with Crippen molar-refractivity contribution in [2.45, 2.75) is 13.8 Å². The van der Waals surface area contributed by atoms with Crippen molar-refractivity contribution in [2.75, 3.05) is 0 Å². The largest absolute Gasteiger partial charge is 0.464 e. The van der Waals surface area contributed by atoms with Crippen LogP contribution in [-0.4, -0.2) is 23.9 Å². The Balaban J connectivity index is 1.50. The van der Waals surface area contributed by atoms with Gasteiger partial charge in [0.05, 0.1) is 34.4 Å². The minimum atomic E-state index is -1.02. The number of rotatable bonds is 6. The molecule has 0 aliphatic rings. The zero-order chi connectivity index (χ0) is 30.1. The van der Waals surface area contributed by atoms with Crippen LogP contribution >= 0.6 is 0 Å². The second-order valence-electron chi connectivity index (χ2n) is 9.52. The second kappa shape index (κ2) is 11.1. The molecule has 0 unspecified atom stereocenters. The van der Waals surface area contributed by atoms with E-state index in [9.17, 15) is 19.2 Å². The van der Waals surface area contributed by atoms with E-state index in [1.807, 2.05) is 12.1 Å². The SMILES string of the molecule is CC(=O)Oc1cc(C(=O)OC(=O)c2cc(OC(C)=O)c3ccoc3c2-c2ccccc2)c(-c2ccccc2)c2occc12. The van der Waals surface area contributed by atoms with Gasteiger partial charge in [-0.1, -0.05) is 60.7 Å². The van der Waals surface area contributed by atoms with Crippen LogP contribution in [0.2, 0.25) is 0 Å². The van der Waals surface area contributed by atoms with Gasteiger partial charge in [0.15, 0.2) is 0 Å². The van der Waals surface area contributed by atoms with Gasteiger partial charge in [-0.25, -0.2) is 9.59 Å². The smallest absolute Gasteiger partial charge is 0.346 e. The van der Waals surface area contributed by atoms with Crippen molar-refractivity contribution in [3.8, 4) is 33.8 Å². The molecule has 0 fully saturated rings. The summed E-state index contributed by atoms with van der Waals surface area (Å²) in [7, 11) is 0. The molecule has 0 saturated carbocycles. The van der Waals surface area contributed by atoms with Gasteiger partial charge >= 0.3 is 23.9 Å². The van der Waals surface area contributed by atoms with Gasteiger partial charge in [-0.3, -0.25) is 9.59 Å². The Bertz CT molecular complexity index is 1890. The van der Waals surface area contributed by atoms with Crippen molar-refractivity contribution in [3.05, 3.63) is 109 Å². The Kier molecular flexibility index (Phi) is 7.05. The fourth-order valence-electron chi connectivity index (χ4n) is 4.98. The molecular weight excluding hydrogens is 552 g/mol. The third kappa shape index (κ3) is 5.15. The van der Waals surface area contributed by atoms with Crippen molar-refractivity contribution >= 4 is 45.8 Å². The zero-order valence-electron chi connectivity index (χ0n) is 22.9. The maximum Gasteiger partial charge on any atom is 0.346 e. The maximum atomic E-state index is 13.8. The molecule has 2 aromatic heterocycles. The number of hydrogen-bond donors (Lipinski definition) is 0. The Labute approximate surface area is 244 Å². The van der Waals surface area contributed by atoms with E-state index >= 15 is 0 Å². The first-order valence-electron chi connectivity index (χ1n) is 13.1. The summed E-state index contributed by atoms with van der Waals surface area (Å²) in [6, 6.07) is 23.7. The molecule has 0 atom stereocenters. The molecule has 0 saturated heterocycles. The summed E-state index contributed by atoms with van der Waals surface area (Å²) >= 11 is 0. The molecule has 6 rings (SSSR count). The predicted octanol–water partition coefficient (Wildman–Crippen LogP) is 7.36. The molecule has 2 heterocycles. The first-order chi connectivity index (χ1) is 20.8. The molecule has 0 amide bonds. The third-order valence-corrected chi connectivity index (χ3v) is 6.66. The summed E-state index contributed by atoms with van der Waals surface area (Å²) in [4.78, 5) is 51.4. The number of carbonyl (C=O) groups is 4. The average Bonchev–Trinajstić information content (AvgIpc) is 3.68. The van der Waals surface area contributed by atoms with Crippen molar-refractivity contribution < 1.29 is 42.2 Å². The van der Waals surface area contributed by atoms with E-state index in [0.717, 1.165) is 0 Å². The number of benzene rings is 4. The maximum absolute atomic E-state index is 13.8. The molecule has 0 radical (unpaired) electrons. The Morgan fingerprint density at radius 3 is 1.33 bits per heavy atom. The van der Waals surface area contributed by atoms with Crippen molar-refractivity contribution in [1.82, 2.24) is 0 Å². The van der Waals surface area contributed by atoms with Gasteiger partial charge in [-0.05, 0) is 35.4 Å². The lowest BCUT2D eigenvalue weighted by molar-refractivity contribution is -0.132. The molecule has 43 heavy (non-hydrogen) atoms. The van der Waals surface area contributed by atoms with Crippen LogP contribution in [0.5, 0.6) is 11.5 Å². The molecule has 0 bridgehead atoms. The number of furan rings is 2. The van der Waals surface area contributed by atoms with Crippen molar-refractivity contribution in [2.24, 2.45) is 0 Å². The van der Waals surface area contributed by atoms with Crippen LogP contribution in [0.1, 0.15) is 34.6 Å². The number of hydrogen-bond acceptors (Lipinski definition) is 9. The highest BCUT2D eigenvalue weighted by molar-refractivity contribution is 6.15. The molecule has 0 spiro atoms. The molecular formula is C34H22O9. The lowest BCUT2D eigenvalue weighted by atomic mass is 9.96. The highest BCUT2D eigenvalue weighted by atomic mass is 16.6. The van der Waals surface area contributed by atoms with Gasteiger partial charge in [0.2, 0.25) is 0 Å². The molecule has 0 aliphatic carbocycles. The van der Waals surface area contributed by atoms with Gasteiger partial charge in [-0.2, -0.15) is 0 Å². The summed E-state index contributed by atoms with van der Waals surface area (Å²) in [6.45, 7) is 2.46. The number of esters is 4. The van der Waals surface area contributed by atoms with Crippen LogP contribution in [0.4, 0.5) is 0 Å². The van der Waals surface area contributed by atoms with E-state index in [-0.39, 0.29) is 33.8 Å². The van der Waals surface area contributed by atoms with E-state index in [1.54, 1.807) is 60.7 Å². The predicted molar refractivity (Wildman–Crippen MR) is 156 cm³/mol. The first-order valence-corrected chi connectivity index (χ1v) is 13.1. The second-order valence-corrected chi connectivity index (χ2v) is 9.52. The van der Waals surface area contributed by atoms with Crippen LogP contribution in [0.25, 0.3) is 44.2 Å². The van der Waals surface area contributed by atoms with Crippen LogP contribution in [0, 0.1) is 0 Å². The summed E-state index contributed by atoms with van der Waals surface area (Å²) in [6.07, 6.45) is 2.82. The summed E-state index contributed by atoms with van der Waals surface area (Å²) in [5, 5.41) is 0.912. The minimum absolute atomic E-state index is 0.0643. The third-order valence-electron chi connectivity index (χ3n) is 6.66. The molecule has 9 heteroatoms. The average molecular weight is 575 g/mol. The highest BCUT2D eigenvalue weighted by Crippen LogP contribution is 2.41. The number of ether oxygens (including phenoxy) is 3. The normalized spacial score (nSPS) is 10.9. The number of carbonyl (C=O) groups excluding carboxylic acids is 4. The molecule has 6 aromatic rings. The molecule has 0 aliphatic heterocycles. The first kappa shape index (κ1) is 27.2. The van der Waals surface area contributed by atoms with Gasteiger partial charge in [-0.15, -0.1) is 0 Å². The standard InChI is InChI=1S/C34H22O9/c1-19(35)41-27-17-25(29(21-9-5-3-6-10-21)31-23(27)13-15-39-31)33(37)43-34(38)26-18-28(42-20(2)36)24-14-16-40-32(24)30(26)22-11-7-4-8-12-22/h3-18H,1-2H3. The lowest BCUT2D eigenvalue weighted by Crippen LogP contribution is -2.16. The zero-order valence-corrected chi connectivity index (χ0v) is 22.9. The molecule has 9 nitrogen and oxygen atoms in total. The van der Waals surface area contributed by atoms with E-state index < -0.39 is 23.9 Å². The Hall–Kier alpha value is -5.96. The van der Waals surface area contributed by atoms with Gasteiger partial charge in [0, 0.05) is 25.0 Å². The Morgan fingerprint density at radius 1 is 0.558 bits per heavy atom. The molecule has 0 N–H and O–H groups in total. The minimum Gasteiger partial charge on any atom is -0.464 e. The highest BCUT2D eigenvalue weighted by Gasteiger charge is 2.29. The summed E-state index contributed by atoms with van der Waals surface area (Å²) in [5.74, 6) is -3.14. The van der Waals surface area contributed by atoms with Crippen molar-refractivity contribution in [1.29, 1.82) is 0 Å². The monoisotopic (exact) mass is 574 g/mol. The van der Waals surface area contributed by atoms with Crippen LogP contribution in [0.15, 0.2) is 106 Å². The van der Waals surface area contributed by atoms with Crippen molar-refractivity contribution in [3.63, 3.8) is 0 Å².